The Labute approximate surface area is 162 Å². The lowest BCUT2D eigenvalue weighted by Crippen LogP contribution is -2.44. The van der Waals surface area contributed by atoms with Gasteiger partial charge in [0.05, 0.1) is 6.04 Å². The van der Waals surface area contributed by atoms with Crippen LogP contribution in [-0.2, 0) is 6.42 Å². The average molecular weight is 403 g/mol. The van der Waals surface area contributed by atoms with Gasteiger partial charge in [-0.2, -0.15) is 0 Å². The van der Waals surface area contributed by atoms with Gasteiger partial charge in [-0.05, 0) is 54.5 Å². The maximum atomic E-state index is 12.5. The first-order chi connectivity index (χ1) is 12.3. The van der Waals surface area contributed by atoms with Crippen molar-refractivity contribution in [1.82, 2.24) is 5.01 Å². The molecule has 1 heterocycles. The largest absolute Gasteiger partial charge is 0.573 e. The molecule has 1 aliphatic rings. The number of hydrogen-bond donors (Lipinski definition) is 2. The van der Waals surface area contributed by atoms with Crippen LogP contribution in [0.4, 0.5) is 13.2 Å². The number of aromatic hydroxyl groups is 1. The Hall–Kier alpha value is -1.96. The first-order valence-electron chi connectivity index (χ1n) is 8.47. The molecule has 2 aromatic rings. The van der Waals surface area contributed by atoms with Crippen LogP contribution in [-0.4, -0.2) is 23.0 Å². The fourth-order valence-electron chi connectivity index (χ4n) is 3.64. The molecule has 0 bridgehead atoms. The van der Waals surface area contributed by atoms with E-state index in [1.807, 2.05) is 30.3 Å². The third-order valence-corrected chi connectivity index (χ3v) is 4.70. The molecular weight excluding hydrogens is 381 g/mol. The van der Waals surface area contributed by atoms with Crippen LogP contribution in [0.1, 0.15) is 30.0 Å². The molecule has 8 heteroatoms. The molecule has 4 nitrogen and oxygen atoms in total. The van der Waals surface area contributed by atoms with E-state index in [1.165, 1.54) is 12.1 Å². The van der Waals surface area contributed by atoms with E-state index in [-0.39, 0.29) is 35.9 Å². The number of hydrazine groups is 1. The highest BCUT2D eigenvalue weighted by molar-refractivity contribution is 5.85. The molecule has 0 spiro atoms. The second-order valence-corrected chi connectivity index (χ2v) is 6.54. The third kappa shape index (κ3) is 5.51. The number of ether oxygens (including phenoxy) is 1. The summed E-state index contributed by atoms with van der Waals surface area (Å²) in [6, 6.07) is 13.3. The summed E-state index contributed by atoms with van der Waals surface area (Å²) in [7, 11) is 0. The third-order valence-electron chi connectivity index (χ3n) is 4.70. The topological polar surface area (TPSA) is 58.7 Å². The van der Waals surface area contributed by atoms with Crippen LogP contribution in [0.15, 0.2) is 48.5 Å². The zero-order valence-electron chi connectivity index (χ0n) is 14.5. The Morgan fingerprint density at radius 3 is 2.52 bits per heavy atom. The van der Waals surface area contributed by atoms with Crippen LogP contribution < -0.4 is 10.6 Å². The Kier molecular flexibility index (Phi) is 6.97. The maximum absolute atomic E-state index is 12.5. The van der Waals surface area contributed by atoms with Gasteiger partial charge < -0.3 is 9.84 Å². The molecule has 1 saturated heterocycles. The van der Waals surface area contributed by atoms with Crippen molar-refractivity contribution < 1.29 is 23.0 Å². The number of rotatable bonds is 4. The van der Waals surface area contributed by atoms with Gasteiger partial charge in [0.1, 0.15) is 11.5 Å². The molecule has 1 aliphatic heterocycles. The molecule has 0 aliphatic carbocycles. The summed E-state index contributed by atoms with van der Waals surface area (Å²) in [4.78, 5) is 0. The number of halogens is 4. The molecule has 148 valence electrons. The molecule has 3 rings (SSSR count). The molecule has 0 amide bonds. The number of piperidine rings is 1. The van der Waals surface area contributed by atoms with Crippen molar-refractivity contribution >= 4 is 12.4 Å². The molecule has 0 unspecified atom stereocenters. The van der Waals surface area contributed by atoms with Gasteiger partial charge in [0.15, 0.2) is 0 Å². The minimum atomic E-state index is -4.76. The molecule has 2 atom stereocenters. The zero-order valence-corrected chi connectivity index (χ0v) is 15.3. The van der Waals surface area contributed by atoms with Crippen molar-refractivity contribution in [2.45, 2.75) is 31.7 Å². The standard InChI is InChI=1S/C19H21F3N2O2.ClH/c20-19(21,22)26-16-8-9-17(25)15(12-16)11-14-7-4-10-24(23)18(14)13-5-2-1-3-6-13;/h1-3,5-6,8-9,12,14,18,25H,4,7,10-11,23H2;1H/t14-,18+;/m0./s1. The summed E-state index contributed by atoms with van der Waals surface area (Å²) in [5.74, 6) is 5.90. The van der Waals surface area contributed by atoms with Crippen molar-refractivity contribution in [3.8, 4) is 11.5 Å². The second-order valence-electron chi connectivity index (χ2n) is 6.54. The Morgan fingerprint density at radius 2 is 1.85 bits per heavy atom. The van der Waals surface area contributed by atoms with Gasteiger partial charge in [0, 0.05) is 6.54 Å². The Bertz CT molecular complexity index is 743. The molecule has 1 fully saturated rings. The van der Waals surface area contributed by atoms with E-state index in [4.69, 9.17) is 5.84 Å². The lowest BCUT2D eigenvalue weighted by molar-refractivity contribution is -0.274. The normalized spacial score (nSPS) is 20.7. The van der Waals surface area contributed by atoms with Crippen LogP contribution in [0.25, 0.3) is 0 Å². The minimum absolute atomic E-state index is 0. The lowest BCUT2D eigenvalue weighted by Gasteiger charge is -2.39. The van der Waals surface area contributed by atoms with Gasteiger partial charge in [0.25, 0.3) is 0 Å². The number of hydrogen-bond acceptors (Lipinski definition) is 4. The molecule has 3 N–H and O–H groups in total. The lowest BCUT2D eigenvalue weighted by atomic mass is 9.81. The van der Waals surface area contributed by atoms with E-state index in [1.54, 1.807) is 5.01 Å². The summed E-state index contributed by atoms with van der Waals surface area (Å²) < 4.78 is 41.3. The van der Waals surface area contributed by atoms with Crippen molar-refractivity contribution in [3.63, 3.8) is 0 Å². The first-order valence-corrected chi connectivity index (χ1v) is 8.47. The number of nitrogens with two attached hydrogens (primary N) is 1. The quantitative estimate of drug-likeness (QED) is 0.735. The van der Waals surface area contributed by atoms with Crippen molar-refractivity contribution in [2.75, 3.05) is 6.54 Å². The molecule has 0 radical (unpaired) electrons. The van der Waals surface area contributed by atoms with Crippen LogP contribution >= 0.6 is 12.4 Å². The number of phenols is 1. The highest BCUT2D eigenvalue weighted by Crippen LogP contribution is 2.38. The fraction of sp³-hybridized carbons (Fsp3) is 0.368. The number of alkyl halides is 3. The van der Waals surface area contributed by atoms with Crippen LogP contribution in [0.5, 0.6) is 11.5 Å². The van der Waals surface area contributed by atoms with E-state index in [0.717, 1.165) is 31.0 Å². The average Bonchev–Trinajstić information content (AvgIpc) is 2.57. The Morgan fingerprint density at radius 1 is 1.15 bits per heavy atom. The van der Waals surface area contributed by atoms with E-state index >= 15 is 0 Å². The van der Waals surface area contributed by atoms with E-state index in [0.29, 0.717) is 12.0 Å². The Balaban J connectivity index is 0.00000261. The van der Waals surface area contributed by atoms with Gasteiger partial charge in [-0.3, -0.25) is 5.84 Å². The van der Waals surface area contributed by atoms with Gasteiger partial charge in [-0.15, -0.1) is 25.6 Å². The van der Waals surface area contributed by atoms with Crippen molar-refractivity contribution in [3.05, 3.63) is 59.7 Å². The monoisotopic (exact) mass is 402 g/mol. The molecular formula is C19H22ClF3N2O2. The van der Waals surface area contributed by atoms with Crippen LogP contribution in [0, 0.1) is 5.92 Å². The molecule has 0 saturated carbocycles. The van der Waals surface area contributed by atoms with Gasteiger partial charge >= 0.3 is 6.36 Å². The van der Waals surface area contributed by atoms with E-state index in [2.05, 4.69) is 4.74 Å². The molecule has 0 aromatic heterocycles. The molecule has 27 heavy (non-hydrogen) atoms. The zero-order chi connectivity index (χ0) is 18.7. The van der Waals surface area contributed by atoms with Gasteiger partial charge in [0.2, 0.25) is 0 Å². The van der Waals surface area contributed by atoms with Crippen molar-refractivity contribution in [1.29, 1.82) is 0 Å². The predicted octanol–water partition coefficient (Wildman–Crippen LogP) is 4.58. The summed E-state index contributed by atoms with van der Waals surface area (Å²) in [5, 5.41) is 11.9. The highest BCUT2D eigenvalue weighted by atomic mass is 35.5. The smallest absolute Gasteiger partial charge is 0.508 e. The van der Waals surface area contributed by atoms with Crippen LogP contribution in [0.3, 0.4) is 0 Å². The van der Waals surface area contributed by atoms with Gasteiger partial charge in [-0.1, -0.05) is 30.3 Å². The highest BCUT2D eigenvalue weighted by Gasteiger charge is 2.33. The van der Waals surface area contributed by atoms with Crippen molar-refractivity contribution in [2.24, 2.45) is 11.8 Å². The predicted molar refractivity (Wildman–Crippen MR) is 98.5 cm³/mol. The fourth-order valence-corrected chi connectivity index (χ4v) is 3.64. The summed E-state index contributed by atoms with van der Waals surface area (Å²) in [6.07, 6.45) is -2.59. The van der Waals surface area contributed by atoms with E-state index < -0.39 is 6.36 Å². The summed E-state index contributed by atoms with van der Waals surface area (Å²) in [6.45, 7) is 0.749. The summed E-state index contributed by atoms with van der Waals surface area (Å²) in [5.41, 5.74) is 1.48. The van der Waals surface area contributed by atoms with E-state index in [9.17, 15) is 18.3 Å². The molecule has 2 aromatic carbocycles. The summed E-state index contributed by atoms with van der Waals surface area (Å²) >= 11 is 0. The first kappa shape index (κ1) is 21.3. The number of benzene rings is 2. The SMILES string of the molecule is Cl.NN1CCC[C@@H](Cc2cc(OC(F)(F)F)ccc2O)[C@H]1c1ccccc1. The van der Waals surface area contributed by atoms with Crippen LogP contribution in [0.2, 0.25) is 0 Å². The maximum Gasteiger partial charge on any atom is 0.573 e. The second kappa shape index (κ2) is 8.82. The minimum Gasteiger partial charge on any atom is -0.508 e. The number of nitrogens with zero attached hydrogens (tertiary/aromatic N) is 1. The van der Waals surface area contributed by atoms with Gasteiger partial charge in [-0.25, -0.2) is 5.01 Å². The number of phenolic OH excluding ortho intramolecular Hbond substituents is 1.